The van der Waals surface area contributed by atoms with Gasteiger partial charge in [0.1, 0.15) is 9.84 Å². The standard InChI is InChI=1S/C14H22BrNO2S/c1-11(9-19(4,17)18)16-10-14(2,3)12-7-5-6-8-13(12)15/h5-8,11,16H,9-10H2,1-4H3/t11-/m0/s1. The Morgan fingerprint density at radius 2 is 1.89 bits per heavy atom. The van der Waals surface area contributed by atoms with Crippen LogP contribution in [0, 0.1) is 0 Å². The zero-order chi connectivity index (χ0) is 14.7. The van der Waals surface area contributed by atoms with E-state index in [1.807, 2.05) is 25.1 Å². The summed E-state index contributed by atoms with van der Waals surface area (Å²) in [6.45, 7) is 6.92. The molecule has 0 aliphatic rings. The molecule has 0 radical (unpaired) electrons. The van der Waals surface area contributed by atoms with Gasteiger partial charge in [-0.3, -0.25) is 0 Å². The highest BCUT2D eigenvalue weighted by Crippen LogP contribution is 2.29. The van der Waals surface area contributed by atoms with Crippen LogP contribution in [0.5, 0.6) is 0 Å². The second-order valence-electron chi connectivity index (χ2n) is 5.74. The summed E-state index contributed by atoms with van der Waals surface area (Å²) in [5.41, 5.74) is 1.15. The average molecular weight is 348 g/mol. The smallest absolute Gasteiger partial charge is 0.148 e. The minimum atomic E-state index is -2.94. The fourth-order valence-corrected chi connectivity index (χ4v) is 3.90. The monoisotopic (exact) mass is 347 g/mol. The van der Waals surface area contributed by atoms with Crippen molar-refractivity contribution in [2.24, 2.45) is 0 Å². The lowest BCUT2D eigenvalue weighted by Gasteiger charge is -2.28. The van der Waals surface area contributed by atoms with Crippen molar-refractivity contribution < 1.29 is 8.42 Å². The van der Waals surface area contributed by atoms with Gasteiger partial charge in [0.05, 0.1) is 5.75 Å². The number of hydrogen-bond acceptors (Lipinski definition) is 3. The highest BCUT2D eigenvalue weighted by atomic mass is 79.9. The van der Waals surface area contributed by atoms with Crippen molar-refractivity contribution in [3.05, 3.63) is 34.3 Å². The van der Waals surface area contributed by atoms with Gasteiger partial charge in [0.2, 0.25) is 0 Å². The molecule has 0 saturated heterocycles. The Morgan fingerprint density at radius 1 is 1.32 bits per heavy atom. The normalized spacial score (nSPS) is 14.4. The molecule has 0 fully saturated rings. The molecular weight excluding hydrogens is 326 g/mol. The van der Waals surface area contributed by atoms with E-state index in [2.05, 4.69) is 41.2 Å². The third-order valence-corrected chi connectivity index (χ3v) is 4.85. The SMILES string of the molecule is C[C@@H](CS(C)(=O)=O)NCC(C)(C)c1ccccc1Br. The fraction of sp³-hybridized carbons (Fsp3) is 0.571. The van der Waals surface area contributed by atoms with Crippen LogP contribution in [0.25, 0.3) is 0 Å². The summed E-state index contributed by atoms with van der Waals surface area (Å²) in [7, 11) is -2.94. The molecule has 0 amide bonds. The summed E-state index contributed by atoms with van der Waals surface area (Å²) in [4.78, 5) is 0. The number of hydrogen-bond donors (Lipinski definition) is 1. The molecule has 108 valence electrons. The maximum absolute atomic E-state index is 11.2. The van der Waals surface area contributed by atoms with E-state index in [4.69, 9.17) is 0 Å². The number of halogens is 1. The van der Waals surface area contributed by atoms with E-state index in [9.17, 15) is 8.42 Å². The molecule has 1 atom stereocenters. The highest BCUT2D eigenvalue weighted by molar-refractivity contribution is 9.10. The van der Waals surface area contributed by atoms with E-state index in [0.29, 0.717) is 0 Å². The second-order valence-corrected chi connectivity index (χ2v) is 8.78. The van der Waals surface area contributed by atoms with Gasteiger partial charge < -0.3 is 5.32 Å². The first-order chi connectivity index (χ1) is 8.62. The Bertz CT molecular complexity index is 526. The zero-order valence-electron chi connectivity index (χ0n) is 11.9. The van der Waals surface area contributed by atoms with Gasteiger partial charge in [0.25, 0.3) is 0 Å². The Hall–Kier alpha value is -0.390. The Balaban J connectivity index is 2.68. The number of nitrogens with one attached hydrogen (secondary N) is 1. The Morgan fingerprint density at radius 3 is 2.42 bits per heavy atom. The molecule has 1 N–H and O–H groups in total. The van der Waals surface area contributed by atoms with Gasteiger partial charge in [-0.1, -0.05) is 48.0 Å². The van der Waals surface area contributed by atoms with Crippen molar-refractivity contribution in [2.75, 3.05) is 18.6 Å². The van der Waals surface area contributed by atoms with Crippen molar-refractivity contribution in [3.63, 3.8) is 0 Å². The van der Waals surface area contributed by atoms with Gasteiger partial charge in [-0.15, -0.1) is 0 Å². The molecule has 1 aromatic rings. The predicted octanol–water partition coefficient (Wildman–Crippen LogP) is 2.75. The molecule has 0 saturated carbocycles. The summed E-state index contributed by atoms with van der Waals surface area (Å²) in [5, 5.41) is 3.31. The van der Waals surface area contributed by atoms with Crippen molar-refractivity contribution in [1.82, 2.24) is 5.32 Å². The molecule has 0 heterocycles. The minimum Gasteiger partial charge on any atom is -0.312 e. The molecular formula is C14H22BrNO2S. The van der Waals surface area contributed by atoms with Crippen LogP contribution in [0.4, 0.5) is 0 Å². The van der Waals surface area contributed by atoms with Crippen LogP contribution in [0.15, 0.2) is 28.7 Å². The summed E-state index contributed by atoms with van der Waals surface area (Å²) < 4.78 is 23.6. The summed E-state index contributed by atoms with van der Waals surface area (Å²) >= 11 is 3.56. The Kier molecular flexibility index (Phi) is 5.59. The maximum Gasteiger partial charge on any atom is 0.148 e. The van der Waals surface area contributed by atoms with Crippen molar-refractivity contribution in [3.8, 4) is 0 Å². The predicted molar refractivity (Wildman–Crippen MR) is 84.3 cm³/mol. The number of rotatable bonds is 6. The molecule has 5 heteroatoms. The van der Waals surface area contributed by atoms with Crippen LogP contribution in [0.1, 0.15) is 26.3 Å². The van der Waals surface area contributed by atoms with Crippen molar-refractivity contribution in [2.45, 2.75) is 32.2 Å². The third kappa shape index (κ3) is 5.63. The summed E-state index contributed by atoms with van der Waals surface area (Å²) in [6.07, 6.45) is 1.27. The molecule has 0 spiro atoms. The largest absolute Gasteiger partial charge is 0.312 e. The molecule has 0 aromatic heterocycles. The second kappa shape index (κ2) is 6.37. The van der Waals surface area contributed by atoms with Crippen LogP contribution in [0.3, 0.4) is 0 Å². The lowest BCUT2D eigenvalue weighted by atomic mass is 9.84. The zero-order valence-corrected chi connectivity index (χ0v) is 14.3. The average Bonchev–Trinajstić information content (AvgIpc) is 2.24. The van der Waals surface area contributed by atoms with E-state index in [1.165, 1.54) is 11.8 Å². The van der Waals surface area contributed by atoms with Crippen LogP contribution in [-0.2, 0) is 15.3 Å². The van der Waals surface area contributed by atoms with Crippen LogP contribution < -0.4 is 5.32 Å². The van der Waals surface area contributed by atoms with Crippen LogP contribution in [0.2, 0.25) is 0 Å². The molecule has 0 aliphatic heterocycles. The number of benzene rings is 1. The topological polar surface area (TPSA) is 46.2 Å². The summed E-state index contributed by atoms with van der Waals surface area (Å²) in [6, 6.07) is 8.08. The third-order valence-electron chi connectivity index (χ3n) is 3.05. The molecule has 3 nitrogen and oxygen atoms in total. The van der Waals surface area contributed by atoms with E-state index in [-0.39, 0.29) is 17.2 Å². The van der Waals surface area contributed by atoms with Crippen LogP contribution in [-0.4, -0.2) is 33.0 Å². The van der Waals surface area contributed by atoms with E-state index < -0.39 is 9.84 Å². The van der Waals surface area contributed by atoms with Gasteiger partial charge in [-0.05, 0) is 18.6 Å². The van der Waals surface area contributed by atoms with E-state index in [0.717, 1.165) is 11.0 Å². The maximum atomic E-state index is 11.2. The summed E-state index contributed by atoms with van der Waals surface area (Å²) in [5.74, 6) is 0.166. The quantitative estimate of drug-likeness (QED) is 0.860. The highest BCUT2D eigenvalue weighted by Gasteiger charge is 2.23. The van der Waals surface area contributed by atoms with Gasteiger partial charge in [0, 0.05) is 28.7 Å². The number of sulfone groups is 1. The lowest BCUT2D eigenvalue weighted by molar-refractivity contribution is 0.439. The first-order valence-electron chi connectivity index (χ1n) is 6.28. The van der Waals surface area contributed by atoms with E-state index in [1.54, 1.807) is 0 Å². The van der Waals surface area contributed by atoms with Gasteiger partial charge in [0.15, 0.2) is 0 Å². The lowest BCUT2D eigenvalue weighted by Crippen LogP contribution is -2.41. The first kappa shape index (κ1) is 16.7. The first-order valence-corrected chi connectivity index (χ1v) is 9.13. The molecule has 0 bridgehead atoms. The molecule has 0 aliphatic carbocycles. The van der Waals surface area contributed by atoms with Crippen molar-refractivity contribution in [1.29, 1.82) is 0 Å². The Labute approximate surface area is 124 Å². The van der Waals surface area contributed by atoms with Gasteiger partial charge in [-0.2, -0.15) is 0 Å². The van der Waals surface area contributed by atoms with Gasteiger partial charge >= 0.3 is 0 Å². The van der Waals surface area contributed by atoms with E-state index >= 15 is 0 Å². The minimum absolute atomic E-state index is 0.0447. The molecule has 19 heavy (non-hydrogen) atoms. The van der Waals surface area contributed by atoms with Crippen molar-refractivity contribution >= 4 is 25.8 Å². The van der Waals surface area contributed by atoms with Gasteiger partial charge in [-0.25, -0.2) is 8.42 Å². The van der Waals surface area contributed by atoms with Crippen LogP contribution >= 0.6 is 15.9 Å². The molecule has 1 rings (SSSR count). The fourth-order valence-electron chi connectivity index (χ4n) is 2.05. The molecule has 0 unspecified atom stereocenters. The molecule has 1 aromatic carbocycles.